The highest BCUT2D eigenvalue weighted by atomic mass is 19.2. The first-order valence-electron chi connectivity index (χ1n) is 5.56. The zero-order valence-electron chi connectivity index (χ0n) is 9.16. The summed E-state index contributed by atoms with van der Waals surface area (Å²) in [7, 11) is 0. The van der Waals surface area contributed by atoms with Crippen molar-refractivity contribution < 1.29 is 17.6 Å². The average molecular weight is 242 g/mol. The lowest BCUT2D eigenvalue weighted by Crippen LogP contribution is -2.25. The van der Waals surface area contributed by atoms with Gasteiger partial charge in [0.1, 0.15) is 0 Å². The van der Waals surface area contributed by atoms with Gasteiger partial charge in [-0.25, -0.2) is 17.6 Å². The van der Waals surface area contributed by atoms with Gasteiger partial charge in [0.2, 0.25) is 0 Å². The Kier molecular flexibility index (Phi) is 2.12. The zero-order chi connectivity index (χ0) is 12.3. The van der Waals surface area contributed by atoms with E-state index in [1.165, 1.54) is 0 Å². The van der Waals surface area contributed by atoms with Gasteiger partial charge in [0, 0.05) is 23.0 Å². The highest BCUT2D eigenvalue weighted by Gasteiger charge is 2.39. The van der Waals surface area contributed by atoms with E-state index in [-0.39, 0.29) is 23.0 Å². The highest BCUT2D eigenvalue weighted by molar-refractivity contribution is 5.49. The molecule has 0 nitrogen and oxygen atoms in total. The Balaban J connectivity index is 2.37. The van der Waals surface area contributed by atoms with Crippen molar-refractivity contribution >= 4 is 0 Å². The van der Waals surface area contributed by atoms with Crippen LogP contribution in [-0.4, -0.2) is 0 Å². The summed E-state index contributed by atoms with van der Waals surface area (Å²) >= 11 is 0. The Morgan fingerprint density at radius 1 is 0.882 bits per heavy atom. The van der Waals surface area contributed by atoms with Crippen LogP contribution < -0.4 is 0 Å². The summed E-state index contributed by atoms with van der Waals surface area (Å²) in [6, 6.07) is 0. The van der Waals surface area contributed by atoms with Crippen LogP contribution in [0.5, 0.6) is 0 Å². The van der Waals surface area contributed by atoms with E-state index < -0.39 is 23.3 Å². The first kappa shape index (κ1) is 10.8. The molecule has 0 fully saturated rings. The van der Waals surface area contributed by atoms with Crippen LogP contribution in [0.4, 0.5) is 17.6 Å². The molecule has 0 saturated carbocycles. The van der Waals surface area contributed by atoms with Crippen molar-refractivity contribution in [2.75, 3.05) is 0 Å². The number of fused-ring (bicyclic) bond motifs is 1. The number of hydrogen-bond acceptors (Lipinski definition) is 0. The SMILES string of the molecule is CC1=C[C@@H]2CC[C@@H]1c1c(F)c(F)c(F)c(F)c12. The fraction of sp³-hybridized carbons (Fsp3) is 0.385. The van der Waals surface area contributed by atoms with E-state index in [0.29, 0.717) is 12.8 Å². The van der Waals surface area contributed by atoms with Crippen molar-refractivity contribution in [3.63, 3.8) is 0 Å². The number of halogens is 4. The van der Waals surface area contributed by atoms with E-state index in [2.05, 4.69) is 0 Å². The second-order valence-corrected chi connectivity index (χ2v) is 4.73. The minimum absolute atomic E-state index is 0.0169. The topological polar surface area (TPSA) is 0 Å². The smallest absolute Gasteiger partial charge is 0.197 e. The van der Waals surface area contributed by atoms with Crippen molar-refractivity contribution in [2.45, 2.75) is 31.6 Å². The van der Waals surface area contributed by atoms with E-state index in [1.54, 1.807) is 0 Å². The Morgan fingerprint density at radius 3 is 2.06 bits per heavy atom. The zero-order valence-corrected chi connectivity index (χ0v) is 9.16. The lowest BCUT2D eigenvalue weighted by molar-refractivity contribution is 0.375. The van der Waals surface area contributed by atoms with Gasteiger partial charge >= 0.3 is 0 Å². The van der Waals surface area contributed by atoms with Gasteiger partial charge in [-0.2, -0.15) is 0 Å². The summed E-state index contributed by atoms with van der Waals surface area (Å²) in [5, 5.41) is 0. The van der Waals surface area contributed by atoms with Crippen LogP contribution in [0.15, 0.2) is 11.6 Å². The number of benzene rings is 1. The van der Waals surface area contributed by atoms with Gasteiger partial charge in [-0.15, -0.1) is 0 Å². The van der Waals surface area contributed by atoms with Gasteiger partial charge in [0.25, 0.3) is 0 Å². The molecule has 2 bridgehead atoms. The van der Waals surface area contributed by atoms with E-state index in [1.807, 2.05) is 13.0 Å². The molecule has 90 valence electrons. The predicted molar refractivity (Wildman–Crippen MR) is 54.7 cm³/mol. The Labute approximate surface area is 95.9 Å². The van der Waals surface area contributed by atoms with E-state index in [9.17, 15) is 17.6 Å². The molecule has 0 saturated heterocycles. The van der Waals surface area contributed by atoms with Gasteiger partial charge in [-0.1, -0.05) is 11.6 Å². The Bertz CT molecular complexity index is 545. The summed E-state index contributed by atoms with van der Waals surface area (Å²) < 4.78 is 53.9. The molecule has 2 atom stereocenters. The van der Waals surface area contributed by atoms with Crippen molar-refractivity contribution in [3.8, 4) is 0 Å². The van der Waals surface area contributed by atoms with Gasteiger partial charge in [0.05, 0.1) is 0 Å². The maximum Gasteiger partial charge on any atom is 0.197 e. The van der Waals surface area contributed by atoms with Gasteiger partial charge in [0.15, 0.2) is 23.3 Å². The summed E-state index contributed by atoms with van der Waals surface area (Å²) in [5.41, 5.74) is 0.957. The van der Waals surface area contributed by atoms with Crippen LogP contribution in [-0.2, 0) is 0 Å². The number of rotatable bonds is 0. The molecule has 0 aromatic heterocycles. The first-order valence-corrected chi connectivity index (χ1v) is 5.56. The molecule has 1 aromatic rings. The van der Waals surface area contributed by atoms with Crippen LogP contribution in [0.3, 0.4) is 0 Å². The van der Waals surface area contributed by atoms with E-state index in [4.69, 9.17) is 0 Å². The van der Waals surface area contributed by atoms with Crippen molar-refractivity contribution in [3.05, 3.63) is 46.0 Å². The molecule has 1 aromatic carbocycles. The second-order valence-electron chi connectivity index (χ2n) is 4.73. The minimum atomic E-state index is -1.69. The molecular weight excluding hydrogens is 232 g/mol. The lowest BCUT2D eigenvalue weighted by Gasteiger charge is -2.37. The normalized spacial score (nSPS) is 25.8. The van der Waals surface area contributed by atoms with Crippen molar-refractivity contribution in [1.82, 2.24) is 0 Å². The third-order valence-electron chi connectivity index (χ3n) is 3.84. The summed E-state index contributed by atoms with van der Waals surface area (Å²) in [6.07, 6.45) is 3.16. The van der Waals surface area contributed by atoms with Crippen LogP contribution >= 0.6 is 0 Å². The molecule has 0 N–H and O–H groups in total. The average Bonchev–Trinajstić information content (AvgIpc) is 2.33. The molecule has 4 rings (SSSR count). The van der Waals surface area contributed by atoms with Gasteiger partial charge in [-0.05, 0) is 19.8 Å². The quantitative estimate of drug-likeness (QED) is 0.277. The minimum Gasteiger partial charge on any atom is -0.203 e. The first-order chi connectivity index (χ1) is 8.02. The molecule has 3 aliphatic rings. The highest BCUT2D eigenvalue weighted by Crippen LogP contribution is 2.51. The molecule has 0 amide bonds. The predicted octanol–water partition coefficient (Wildman–Crippen LogP) is 4.16. The summed E-state index contributed by atoms with van der Waals surface area (Å²) in [6.45, 7) is 1.82. The fourth-order valence-electron chi connectivity index (χ4n) is 3.06. The second kappa shape index (κ2) is 3.34. The third-order valence-corrected chi connectivity index (χ3v) is 3.84. The van der Waals surface area contributed by atoms with Crippen molar-refractivity contribution in [2.24, 2.45) is 0 Å². The van der Waals surface area contributed by atoms with Crippen LogP contribution in [0.1, 0.15) is 42.7 Å². The Hall–Kier alpha value is -1.32. The molecule has 3 aliphatic carbocycles. The molecule has 0 spiro atoms. The summed E-state index contributed by atoms with van der Waals surface area (Å²) in [5.74, 6) is -6.46. The monoisotopic (exact) mass is 242 g/mol. The third kappa shape index (κ3) is 1.24. The number of hydrogen-bond donors (Lipinski definition) is 0. The van der Waals surface area contributed by atoms with Crippen LogP contribution in [0, 0.1) is 23.3 Å². The van der Waals surface area contributed by atoms with Gasteiger partial charge < -0.3 is 0 Å². The molecule has 0 unspecified atom stereocenters. The van der Waals surface area contributed by atoms with Crippen LogP contribution in [0.2, 0.25) is 0 Å². The van der Waals surface area contributed by atoms with Gasteiger partial charge in [-0.3, -0.25) is 0 Å². The van der Waals surface area contributed by atoms with E-state index in [0.717, 1.165) is 5.57 Å². The largest absolute Gasteiger partial charge is 0.203 e. The maximum atomic E-state index is 13.7. The molecule has 4 heteroatoms. The molecule has 0 aliphatic heterocycles. The lowest BCUT2D eigenvalue weighted by atomic mass is 9.67. The van der Waals surface area contributed by atoms with E-state index >= 15 is 0 Å². The molecule has 0 heterocycles. The molecular formula is C13H10F4. The standard InChI is InChI=1S/C13H10F4/c1-5-4-6-2-3-7(5)9-8(6)10(14)12(16)13(17)11(9)15/h4,6-7H,2-3H2,1H3/t6-,7-/m0/s1. The summed E-state index contributed by atoms with van der Waals surface area (Å²) in [4.78, 5) is 0. The maximum absolute atomic E-state index is 13.7. The Morgan fingerprint density at radius 2 is 1.47 bits per heavy atom. The number of allylic oxidation sites excluding steroid dienone is 2. The fourth-order valence-corrected chi connectivity index (χ4v) is 3.06. The molecule has 17 heavy (non-hydrogen) atoms. The van der Waals surface area contributed by atoms with Crippen molar-refractivity contribution in [1.29, 1.82) is 0 Å². The van der Waals surface area contributed by atoms with Crippen LogP contribution in [0.25, 0.3) is 0 Å². The molecule has 0 radical (unpaired) electrons.